The zero-order chi connectivity index (χ0) is 26.2. The summed E-state index contributed by atoms with van der Waals surface area (Å²) in [5.74, 6) is -0.322. The molecule has 0 spiro atoms. The molecule has 1 aromatic carbocycles. The second-order valence-corrected chi connectivity index (χ2v) is 10.6. The van der Waals surface area contributed by atoms with Gasteiger partial charge in [0.25, 0.3) is 0 Å². The minimum Gasteiger partial charge on any atom is -0.378 e. The Labute approximate surface area is 228 Å². The van der Waals surface area contributed by atoms with Crippen molar-refractivity contribution in [1.29, 1.82) is 0 Å². The van der Waals surface area contributed by atoms with E-state index in [4.69, 9.17) is 27.1 Å². The first-order valence-corrected chi connectivity index (χ1v) is 13.5. The molecule has 0 bridgehead atoms. The molecule has 0 saturated carbocycles. The molecule has 4 heterocycles. The quantitative estimate of drug-likeness (QED) is 0.489. The number of nitrogens with two attached hydrogens (primary N) is 1. The average Bonchev–Trinajstić information content (AvgIpc) is 3.55. The van der Waals surface area contributed by atoms with Gasteiger partial charge < -0.3 is 15.4 Å². The molecule has 3 aromatic rings. The van der Waals surface area contributed by atoms with Crippen molar-refractivity contribution in [2.75, 3.05) is 54.9 Å². The van der Waals surface area contributed by atoms with Crippen LogP contribution in [0.15, 0.2) is 54.4 Å². The first kappa shape index (κ1) is 24.8. The fourth-order valence-corrected chi connectivity index (χ4v) is 6.27. The summed E-state index contributed by atoms with van der Waals surface area (Å²) in [6.45, 7) is 3.88. The summed E-state index contributed by atoms with van der Waals surface area (Å²) in [4.78, 5) is 33.5. The molecule has 1 unspecified atom stereocenters. The normalized spacial score (nSPS) is 19.8. The number of amides is 2. The highest BCUT2D eigenvalue weighted by molar-refractivity contribution is 7.16. The molecule has 12 heteroatoms. The van der Waals surface area contributed by atoms with Crippen LogP contribution in [-0.2, 0) is 4.74 Å². The largest absolute Gasteiger partial charge is 0.378 e. The van der Waals surface area contributed by atoms with Crippen molar-refractivity contribution in [3.63, 3.8) is 0 Å². The van der Waals surface area contributed by atoms with Crippen molar-refractivity contribution in [2.45, 2.75) is 12.3 Å². The lowest BCUT2D eigenvalue weighted by Crippen LogP contribution is -2.36. The molecule has 0 radical (unpaired) electrons. The van der Waals surface area contributed by atoms with Crippen LogP contribution in [0, 0.1) is 5.82 Å². The second-order valence-electron chi connectivity index (χ2n) is 9.15. The van der Waals surface area contributed by atoms with E-state index < -0.39 is 5.82 Å². The maximum Gasteiger partial charge on any atom is 0.328 e. The summed E-state index contributed by atoms with van der Waals surface area (Å²) < 4.78 is 19.2. The highest BCUT2D eigenvalue weighted by Gasteiger charge is 2.34. The van der Waals surface area contributed by atoms with Gasteiger partial charge in [-0.25, -0.2) is 24.1 Å². The molecule has 2 aliphatic heterocycles. The van der Waals surface area contributed by atoms with Crippen LogP contribution in [-0.4, -0.2) is 65.3 Å². The van der Waals surface area contributed by atoms with Gasteiger partial charge in [-0.05, 0) is 36.8 Å². The van der Waals surface area contributed by atoms with Crippen molar-refractivity contribution in [1.82, 2.24) is 19.9 Å². The predicted octanol–water partition coefficient (Wildman–Crippen LogP) is 4.68. The smallest absolute Gasteiger partial charge is 0.328 e. The number of nitrogens with zero attached hydrogens (tertiary/aromatic N) is 6. The van der Waals surface area contributed by atoms with Gasteiger partial charge in [0.15, 0.2) is 5.13 Å². The van der Waals surface area contributed by atoms with Crippen LogP contribution in [0.1, 0.15) is 17.2 Å². The van der Waals surface area contributed by atoms with Gasteiger partial charge in [-0.3, -0.25) is 9.80 Å². The monoisotopic (exact) mass is 553 g/mol. The first-order valence-electron chi connectivity index (χ1n) is 12.3. The van der Waals surface area contributed by atoms with Crippen LogP contribution in [0.4, 0.5) is 26.0 Å². The molecule has 6 rings (SSSR count). The summed E-state index contributed by atoms with van der Waals surface area (Å²) in [6, 6.07) is 6.00. The van der Waals surface area contributed by atoms with Crippen molar-refractivity contribution in [3.05, 3.63) is 70.1 Å². The zero-order valence-electron chi connectivity index (χ0n) is 20.4. The van der Waals surface area contributed by atoms with Crippen molar-refractivity contribution in [2.24, 2.45) is 0 Å². The van der Waals surface area contributed by atoms with Crippen LogP contribution >= 0.6 is 22.9 Å². The number of hydrogen-bond acceptors (Lipinski definition) is 8. The van der Waals surface area contributed by atoms with Gasteiger partial charge >= 0.3 is 6.03 Å². The summed E-state index contributed by atoms with van der Waals surface area (Å²) in [6.07, 6.45) is 8.35. The summed E-state index contributed by atoms with van der Waals surface area (Å²) in [5.41, 5.74) is 8.83. The van der Waals surface area contributed by atoms with Crippen LogP contribution in [0.3, 0.4) is 0 Å². The van der Waals surface area contributed by atoms with Gasteiger partial charge in [0.1, 0.15) is 11.5 Å². The fraction of sp³-hybridized carbons (Fsp3) is 0.308. The molecule has 2 amide bonds. The fourth-order valence-electron chi connectivity index (χ4n) is 4.89. The molecule has 2 fully saturated rings. The first-order chi connectivity index (χ1) is 18.5. The summed E-state index contributed by atoms with van der Waals surface area (Å²) in [7, 11) is 0. The maximum absolute atomic E-state index is 13.7. The SMILES string of the molecule is Nc1nccc(-c2nc(N3CCOCC3)sc2C2C=CC=C(N3CCN(c4ccc(F)c(Cl)c4)C3=O)C2)n1. The minimum atomic E-state index is -0.510. The van der Waals surface area contributed by atoms with Gasteiger partial charge in [0.2, 0.25) is 5.95 Å². The topological polar surface area (TPSA) is 101 Å². The van der Waals surface area contributed by atoms with E-state index in [9.17, 15) is 9.18 Å². The molecular formula is C26H25ClFN7O2S. The Bertz CT molecular complexity index is 1440. The number of thiazole rings is 1. The Kier molecular flexibility index (Phi) is 6.73. The molecule has 2 N–H and O–H groups in total. The van der Waals surface area contributed by atoms with Gasteiger partial charge in [-0.2, -0.15) is 0 Å². The Morgan fingerprint density at radius 2 is 1.92 bits per heavy atom. The molecule has 196 valence electrons. The Morgan fingerprint density at radius 3 is 2.71 bits per heavy atom. The summed E-state index contributed by atoms with van der Waals surface area (Å²) in [5, 5.41) is 0.907. The Morgan fingerprint density at radius 1 is 1.11 bits per heavy atom. The lowest BCUT2D eigenvalue weighted by molar-refractivity contribution is 0.122. The van der Waals surface area contributed by atoms with Gasteiger partial charge in [-0.1, -0.05) is 23.8 Å². The number of carbonyl (C=O) groups is 1. The molecule has 3 aliphatic rings. The number of hydrogen-bond donors (Lipinski definition) is 1. The van der Waals surface area contributed by atoms with E-state index in [-0.39, 0.29) is 22.9 Å². The number of benzene rings is 1. The van der Waals surface area contributed by atoms with Crippen LogP contribution in [0.5, 0.6) is 0 Å². The lowest BCUT2D eigenvalue weighted by Gasteiger charge is -2.26. The number of morpholine rings is 1. The number of ether oxygens (including phenoxy) is 1. The minimum absolute atomic E-state index is 0.00408. The third-order valence-electron chi connectivity index (χ3n) is 6.81. The number of halogens is 2. The number of rotatable bonds is 5. The van der Waals surface area contributed by atoms with E-state index in [0.717, 1.165) is 34.5 Å². The molecule has 2 saturated heterocycles. The number of nitrogen functional groups attached to an aromatic ring is 1. The van der Waals surface area contributed by atoms with E-state index in [1.54, 1.807) is 33.4 Å². The zero-order valence-corrected chi connectivity index (χ0v) is 22.0. The van der Waals surface area contributed by atoms with Crippen molar-refractivity contribution >= 4 is 45.7 Å². The van der Waals surface area contributed by atoms with E-state index in [1.165, 1.54) is 12.1 Å². The lowest BCUT2D eigenvalue weighted by atomic mass is 9.94. The Hall–Kier alpha value is -3.54. The highest BCUT2D eigenvalue weighted by atomic mass is 35.5. The van der Waals surface area contributed by atoms with Crippen LogP contribution in [0.25, 0.3) is 11.4 Å². The number of carbonyl (C=O) groups excluding carboxylic acids is 1. The molecule has 38 heavy (non-hydrogen) atoms. The maximum atomic E-state index is 13.7. The van der Waals surface area contributed by atoms with Gasteiger partial charge in [0, 0.05) is 54.6 Å². The number of allylic oxidation sites excluding steroid dienone is 4. The number of aromatic nitrogens is 3. The standard InChI is InChI=1S/C26H25ClFN7O2S/c27-19-15-18(4-5-20(19)28)35-9-8-34(26(35)36)17-3-1-2-16(14-17)23-22(21-6-7-30-24(29)31-21)32-25(38-23)33-10-12-37-13-11-33/h1-7,15-16H,8-14H2,(H2,29,30,31). The molecular weight excluding hydrogens is 529 g/mol. The molecule has 1 aliphatic carbocycles. The van der Waals surface area contributed by atoms with Gasteiger partial charge in [-0.15, -0.1) is 11.3 Å². The van der Waals surface area contributed by atoms with E-state index in [1.807, 2.05) is 18.2 Å². The highest BCUT2D eigenvalue weighted by Crippen LogP contribution is 2.42. The van der Waals surface area contributed by atoms with Crippen LogP contribution in [0.2, 0.25) is 5.02 Å². The van der Waals surface area contributed by atoms with E-state index >= 15 is 0 Å². The molecule has 1 atom stereocenters. The summed E-state index contributed by atoms with van der Waals surface area (Å²) >= 11 is 7.60. The third-order valence-corrected chi connectivity index (χ3v) is 8.35. The van der Waals surface area contributed by atoms with E-state index in [2.05, 4.69) is 20.9 Å². The van der Waals surface area contributed by atoms with Crippen molar-refractivity contribution < 1.29 is 13.9 Å². The number of anilines is 3. The molecule has 9 nitrogen and oxygen atoms in total. The average molecular weight is 554 g/mol. The van der Waals surface area contributed by atoms with E-state index in [0.29, 0.717) is 44.1 Å². The Balaban J connectivity index is 1.27. The predicted molar refractivity (Wildman–Crippen MR) is 146 cm³/mol. The molecule has 2 aromatic heterocycles. The van der Waals surface area contributed by atoms with Gasteiger partial charge in [0.05, 0.1) is 23.9 Å². The third kappa shape index (κ3) is 4.72. The van der Waals surface area contributed by atoms with Crippen molar-refractivity contribution in [3.8, 4) is 11.4 Å². The second kappa shape index (κ2) is 10.3. The number of urea groups is 1. The van der Waals surface area contributed by atoms with Crippen LogP contribution < -0.4 is 15.5 Å².